The molecule has 0 aromatic heterocycles. The highest BCUT2D eigenvalue weighted by Crippen LogP contribution is 2.30. The molecule has 0 atom stereocenters. The van der Waals surface area contributed by atoms with Gasteiger partial charge >= 0.3 is 0 Å². The molecule has 1 fully saturated rings. The minimum atomic E-state index is 0.744. The summed E-state index contributed by atoms with van der Waals surface area (Å²) in [7, 11) is 0. The number of rotatable bonds is 6. The van der Waals surface area contributed by atoms with Gasteiger partial charge in [0.05, 0.1) is 0 Å². The zero-order chi connectivity index (χ0) is 14.7. The second-order valence-electron chi connectivity index (χ2n) is 5.51. The number of hydrogen-bond acceptors (Lipinski definition) is 2. The summed E-state index contributed by atoms with van der Waals surface area (Å²) < 4.78 is 1.18. The lowest BCUT2D eigenvalue weighted by atomic mass is 10.1. The van der Waals surface area contributed by atoms with Crippen molar-refractivity contribution in [3.05, 3.63) is 58.6 Å². The molecular weight excluding hydrogens is 324 g/mol. The third kappa shape index (κ3) is 3.66. The third-order valence-corrected chi connectivity index (χ3v) is 4.63. The normalized spacial score (nSPS) is 14.2. The molecular formula is C18H21BrN2. The first kappa shape index (κ1) is 14.6. The van der Waals surface area contributed by atoms with Gasteiger partial charge in [0.2, 0.25) is 0 Å². The maximum Gasteiger partial charge on any atom is 0.0422 e. The van der Waals surface area contributed by atoms with Gasteiger partial charge in [-0.3, -0.25) is 0 Å². The van der Waals surface area contributed by atoms with E-state index >= 15 is 0 Å². The SMILES string of the molecule is CCN(c1ccccc1)c1ccc(CNC2CC2)c(Br)c1. The van der Waals surface area contributed by atoms with Gasteiger partial charge in [0, 0.05) is 35.0 Å². The highest BCUT2D eigenvalue weighted by atomic mass is 79.9. The molecule has 1 saturated carbocycles. The van der Waals surface area contributed by atoms with E-state index in [0.717, 1.165) is 19.1 Å². The molecule has 3 rings (SSSR count). The standard InChI is InChI=1S/C18H21BrN2/c1-2-21(16-6-4-3-5-7-16)17-11-8-14(18(19)12-17)13-20-15-9-10-15/h3-8,11-12,15,20H,2,9-10,13H2,1H3. The van der Waals surface area contributed by atoms with Crippen molar-refractivity contribution >= 4 is 27.3 Å². The van der Waals surface area contributed by atoms with Crippen LogP contribution in [0.2, 0.25) is 0 Å². The van der Waals surface area contributed by atoms with Gasteiger partial charge in [-0.15, -0.1) is 0 Å². The van der Waals surface area contributed by atoms with Crippen LogP contribution in [-0.2, 0) is 6.54 Å². The number of nitrogens with zero attached hydrogens (tertiary/aromatic N) is 1. The van der Waals surface area contributed by atoms with Crippen molar-refractivity contribution < 1.29 is 0 Å². The lowest BCUT2D eigenvalue weighted by Crippen LogP contribution is -2.17. The highest BCUT2D eigenvalue weighted by molar-refractivity contribution is 9.10. The van der Waals surface area contributed by atoms with Crippen LogP contribution in [0.1, 0.15) is 25.3 Å². The van der Waals surface area contributed by atoms with Crippen LogP contribution in [0.15, 0.2) is 53.0 Å². The van der Waals surface area contributed by atoms with Crippen LogP contribution in [0, 0.1) is 0 Å². The van der Waals surface area contributed by atoms with Crippen molar-refractivity contribution in [1.82, 2.24) is 5.32 Å². The van der Waals surface area contributed by atoms with Crippen molar-refractivity contribution in [2.24, 2.45) is 0 Å². The molecule has 1 N–H and O–H groups in total. The number of benzene rings is 2. The molecule has 0 unspecified atom stereocenters. The summed E-state index contributed by atoms with van der Waals surface area (Å²) in [4.78, 5) is 2.32. The van der Waals surface area contributed by atoms with Crippen LogP contribution in [0.25, 0.3) is 0 Å². The van der Waals surface area contributed by atoms with Crippen molar-refractivity contribution in [3.8, 4) is 0 Å². The zero-order valence-corrected chi connectivity index (χ0v) is 13.9. The topological polar surface area (TPSA) is 15.3 Å². The van der Waals surface area contributed by atoms with E-state index in [4.69, 9.17) is 0 Å². The van der Waals surface area contributed by atoms with Crippen LogP contribution in [-0.4, -0.2) is 12.6 Å². The first-order valence-electron chi connectivity index (χ1n) is 7.62. The van der Waals surface area contributed by atoms with E-state index in [-0.39, 0.29) is 0 Å². The van der Waals surface area contributed by atoms with Gasteiger partial charge in [-0.1, -0.05) is 40.2 Å². The predicted octanol–water partition coefficient (Wildman–Crippen LogP) is 4.86. The van der Waals surface area contributed by atoms with Crippen molar-refractivity contribution in [1.29, 1.82) is 0 Å². The predicted molar refractivity (Wildman–Crippen MR) is 93.1 cm³/mol. The first-order valence-corrected chi connectivity index (χ1v) is 8.41. The highest BCUT2D eigenvalue weighted by Gasteiger charge is 2.20. The summed E-state index contributed by atoms with van der Waals surface area (Å²) in [5.41, 5.74) is 3.79. The van der Waals surface area contributed by atoms with Gasteiger partial charge in [-0.25, -0.2) is 0 Å². The Labute approximate surface area is 135 Å². The average molecular weight is 345 g/mol. The molecule has 2 aromatic rings. The summed E-state index contributed by atoms with van der Waals surface area (Å²) in [5, 5.41) is 3.56. The summed E-state index contributed by atoms with van der Waals surface area (Å²) in [6.07, 6.45) is 2.65. The smallest absolute Gasteiger partial charge is 0.0422 e. The maximum atomic E-state index is 3.72. The van der Waals surface area contributed by atoms with E-state index in [1.165, 1.54) is 34.3 Å². The number of halogens is 1. The minimum absolute atomic E-state index is 0.744. The average Bonchev–Trinajstić information content (AvgIpc) is 3.32. The number of para-hydroxylation sites is 1. The molecule has 110 valence electrons. The second-order valence-corrected chi connectivity index (χ2v) is 6.37. The van der Waals surface area contributed by atoms with Gasteiger partial charge in [0.1, 0.15) is 0 Å². The Morgan fingerprint density at radius 3 is 2.48 bits per heavy atom. The fraction of sp³-hybridized carbons (Fsp3) is 0.333. The molecule has 0 amide bonds. The Balaban J connectivity index is 1.79. The molecule has 21 heavy (non-hydrogen) atoms. The van der Waals surface area contributed by atoms with Crippen LogP contribution in [0.3, 0.4) is 0 Å². The van der Waals surface area contributed by atoms with Crippen LogP contribution >= 0.6 is 15.9 Å². The molecule has 1 aliphatic carbocycles. The van der Waals surface area contributed by atoms with Crippen LogP contribution in [0.5, 0.6) is 0 Å². The Bertz CT molecular complexity index is 593. The minimum Gasteiger partial charge on any atom is -0.342 e. The van der Waals surface area contributed by atoms with E-state index in [1.807, 2.05) is 0 Å². The summed E-state index contributed by atoms with van der Waals surface area (Å²) in [5.74, 6) is 0. The fourth-order valence-electron chi connectivity index (χ4n) is 2.51. The summed E-state index contributed by atoms with van der Waals surface area (Å²) in [6.45, 7) is 4.09. The fourth-order valence-corrected chi connectivity index (χ4v) is 3.02. The van der Waals surface area contributed by atoms with Gasteiger partial charge in [-0.05, 0) is 49.6 Å². The third-order valence-electron chi connectivity index (χ3n) is 3.89. The van der Waals surface area contributed by atoms with E-state index < -0.39 is 0 Å². The van der Waals surface area contributed by atoms with Gasteiger partial charge < -0.3 is 10.2 Å². The van der Waals surface area contributed by atoms with E-state index in [2.05, 4.69) is 81.6 Å². The van der Waals surface area contributed by atoms with E-state index in [0.29, 0.717) is 0 Å². The molecule has 0 heterocycles. The van der Waals surface area contributed by atoms with Crippen LogP contribution in [0.4, 0.5) is 11.4 Å². The van der Waals surface area contributed by atoms with Crippen LogP contribution < -0.4 is 10.2 Å². The molecule has 0 bridgehead atoms. The van der Waals surface area contributed by atoms with Crippen molar-refractivity contribution in [2.75, 3.05) is 11.4 Å². The van der Waals surface area contributed by atoms with Crippen molar-refractivity contribution in [3.63, 3.8) is 0 Å². The summed E-state index contributed by atoms with van der Waals surface area (Å²) in [6, 6.07) is 17.9. The molecule has 0 radical (unpaired) electrons. The molecule has 2 nitrogen and oxygen atoms in total. The molecule has 1 aliphatic rings. The van der Waals surface area contributed by atoms with E-state index in [9.17, 15) is 0 Å². The Morgan fingerprint density at radius 1 is 1.10 bits per heavy atom. The number of hydrogen-bond donors (Lipinski definition) is 1. The Morgan fingerprint density at radius 2 is 1.86 bits per heavy atom. The molecule has 2 aromatic carbocycles. The Hall–Kier alpha value is -1.32. The largest absolute Gasteiger partial charge is 0.342 e. The van der Waals surface area contributed by atoms with E-state index in [1.54, 1.807) is 0 Å². The molecule has 0 spiro atoms. The lowest BCUT2D eigenvalue weighted by Gasteiger charge is -2.24. The Kier molecular flexibility index (Phi) is 4.61. The van der Waals surface area contributed by atoms with Gasteiger partial charge in [0.25, 0.3) is 0 Å². The number of nitrogens with one attached hydrogen (secondary N) is 1. The zero-order valence-electron chi connectivity index (χ0n) is 12.3. The number of anilines is 2. The quantitative estimate of drug-likeness (QED) is 0.804. The molecule has 3 heteroatoms. The summed E-state index contributed by atoms with van der Waals surface area (Å²) >= 11 is 3.72. The first-order chi connectivity index (χ1) is 10.3. The molecule has 0 aliphatic heterocycles. The van der Waals surface area contributed by atoms with Crippen molar-refractivity contribution in [2.45, 2.75) is 32.4 Å². The lowest BCUT2D eigenvalue weighted by molar-refractivity contribution is 0.686. The van der Waals surface area contributed by atoms with Gasteiger partial charge in [0.15, 0.2) is 0 Å². The maximum absolute atomic E-state index is 3.72. The monoisotopic (exact) mass is 344 g/mol. The second kappa shape index (κ2) is 6.63. The van der Waals surface area contributed by atoms with Gasteiger partial charge in [-0.2, -0.15) is 0 Å². The molecule has 0 saturated heterocycles.